The molecule has 154 valence electrons. The first-order chi connectivity index (χ1) is 12.3. The van der Waals surface area contributed by atoms with Gasteiger partial charge in [-0.15, -0.1) is 0 Å². The van der Waals surface area contributed by atoms with Crippen LogP contribution in [0.2, 0.25) is 0 Å². The van der Waals surface area contributed by atoms with Gasteiger partial charge in [0.15, 0.2) is 0 Å². The Kier molecular flexibility index (Phi) is 10.7. The van der Waals surface area contributed by atoms with Gasteiger partial charge in [-0.1, -0.05) is 71.1 Å². The fraction of sp³-hybridized carbons (Fsp3) is 0.952. The van der Waals surface area contributed by atoms with Gasteiger partial charge in [0.05, 0.1) is 20.5 Å². The average molecular weight is 373 g/mol. The molecule has 0 aromatic heterocycles. The Bertz CT molecular complexity index is 399. The molecule has 0 aromatic carbocycles. The highest BCUT2D eigenvalue weighted by Gasteiger charge is 2.45. The summed E-state index contributed by atoms with van der Waals surface area (Å²) in [5.74, 6) is -2.05. The van der Waals surface area contributed by atoms with E-state index >= 15 is 0 Å². The quantitative estimate of drug-likeness (QED) is 0.352. The van der Waals surface area contributed by atoms with Crippen LogP contribution in [0.4, 0.5) is 0 Å². The summed E-state index contributed by atoms with van der Waals surface area (Å²) in [7, 11) is 4.06. The first-order valence-electron chi connectivity index (χ1n) is 10.7. The molecule has 1 rings (SSSR count). The van der Waals surface area contributed by atoms with Crippen LogP contribution >= 0.6 is 0 Å². The second kappa shape index (κ2) is 11.9. The summed E-state index contributed by atoms with van der Waals surface area (Å²) >= 11 is 0. The molecule has 0 amide bonds. The average Bonchev–Trinajstić information content (AvgIpc) is 2.50. The summed E-state index contributed by atoms with van der Waals surface area (Å²) in [6.45, 7) is 3.41. The summed E-state index contributed by atoms with van der Waals surface area (Å²) < 4.78 is 6.37. The van der Waals surface area contributed by atoms with E-state index < -0.39 is 17.9 Å². The number of hydrogen-bond donors (Lipinski definition) is 2. The van der Waals surface area contributed by atoms with E-state index in [1.807, 2.05) is 14.1 Å². The number of likely N-dealkylation sites (N-methyl/N-ethyl adjacent to an activating group) is 1. The molecule has 0 radical (unpaired) electrons. The number of quaternary nitrogens is 1. The highest BCUT2D eigenvalue weighted by molar-refractivity contribution is 5.67. The predicted molar refractivity (Wildman–Crippen MR) is 105 cm³/mol. The van der Waals surface area contributed by atoms with Crippen LogP contribution in [0.1, 0.15) is 90.4 Å². The lowest BCUT2D eigenvalue weighted by atomic mass is 10.0. The van der Waals surface area contributed by atoms with Gasteiger partial charge in [0.2, 0.25) is 5.79 Å². The van der Waals surface area contributed by atoms with Gasteiger partial charge in [-0.05, 0) is 6.42 Å². The van der Waals surface area contributed by atoms with Crippen LogP contribution in [0.25, 0.3) is 0 Å². The zero-order valence-electron chi connectivity index (χ0n) is 17.3. The fourth-order valence-corrected chi connectivity index (χ4v) is 4.17. The molecule has 1 saturated heterocycles. The number of rotatable bonds is 14. The van der Waals surface area contributed by atoms with Crippen molar-refractivity contribution < 1.29 is 24.2 Å². The first-order valence-corrected chi connectivity index (χ1v) is 10.7. The Hall–Kier alpha value is -0.650. The van der Waals surface area contributed by atoms with Crippen molar-refractivity contribution in [2.75, 3.05) is 27.2 Å². The van der Waals surface area contributed by atoms with E-state index in [-0.39, 0.29) is 6.42 Å². The van der Waals surface area contributed by atoms with E-state index in [0.717, 1.165) is 12.8 Å². The van der Waals surface area contributed by atoms with Gasteiger partial charge in [0.25, 0.3) is 0 Å². The third-order valence-corrected chi connectivity index (χ3v) is 5.33. The van der Waals surface area contributed by atoms with Gasteiger partial charge in [0.1, 0.15) is 19.2 Å². The molecule has 0 unspecified atom stereocenters. The molecule has 0 saturated carbocycles. The molecule has 1 aliphatic rings. The smallest absolute Gasteiger partial charge is 0.306 e. The number of ether oxygens (including phenoxy) is 1. The molecule has 2 atom stereocenters. The van der Waals surface area contributed by atoms with Crippen LogP contribution in [-0.4, -0.2) is 59.7 Å². The molecule has 2 N–H and O–H groups in total. The number of carboxylic acid groups (broad SMARTS) is 1. The summed E-state index contributed by atoms with van der Waals surface area (Å²) in [6, 6.07) is 0. The molecule has 1 fully saturated rings. The van der Waals surface area contributed by atoms with Crippen LogP contribution < -0.4 is 0 Å². The van der Waals surface area contributed by atoms with Crippen molar-refractivity contribution in [1.82, 2.24) is 0 Å². The third kappa shape index (κ3) is 10.5. The number of unbranched alkanes of at least 4 members (excludes halogenated alkanes) is 10. The standard InChI is InChI=1S/C21H41NO4/c1-4-5-6-7-8-9-10-11-12-13-14-15-21(25)18-22(2,3)17-19(26-21)16-20(23)24/h19,25H,4-18H2,1-3H3/p+1/t19-,21+/m1/s1. The minimum atomic E-state index is -1.18. The molecule has 26 heavy (non-hydrogen) atoms. The van der Waals surface area contributed by atoms with Crippen molar-refractivity contribution in [2.45, 2.75) is 102 Å². The minimum Gasteiger partial charge on any atom is -0.481 e. The third-order valence-electron chi connectivity index (χ3n) is 5.33. The lowest BCUT2D eigenvalue weighted by molar-refractivity contribution is -0.915. The molecule has 0 aromatic rings. The number of morpholine rings is 1. The molecule has 5 nitrogen and oxygen atoms in total. The zero-order valence-corrected chi connectivity index (χ0v) is 17.3. The Morgan fingerprint density at radius 3 is 2.00 bits per heavy atom. The van der Waals surface area contributed by atoms with Crippen LogP contribution in [0, 0.1) is 0 Å². The van der Waals surface area contributed by atoms with Crippen LogP contribution in [-0.2, 0) is 9.53 Å². The van der Waals surface area contributed by atoms with Crippen molar-refractivity contribution in [3.63, 3.8) is 0 Å². The predicted octanol–water partition coefficient (Wildman–Crippen LogP) is 4.33. The van der Waals surface area contributed by atoms with E-state index in [4.69, 9.17) is 9.84 Å². The molecule has 1 heterocycles. The monoisotopic (exact) mass is 372 g/mol. The molecule has 5 heteroatoms. The lowest BCUT2D eigenvalue weighted by Crippen LogP contribution is -2.62. The van der Waals surface area contributed by atoms with Gasteiger partial charge in [0, 0.05) is 6.42 Å². The topological polar surface area (TPSA) is 66.8 Å². The van der Waals surface area contributed by atoms with E-state index in [9.17, 15) is 9.90 Å². The Morgan fingerprint density at radius 2 is 1.50 bits per heavy atom. The van der Waals surface area contributed by atoms with Gasteiger partial charge in [-0.3, -0.25) is 4.79 Å². The molecular weight excluding hydrogens is 330 g/mol. The summed E-state index contributed by atoms with van der Waals surface area (Å²) in [5, 5.41) is 19.8. The Balaban J connectivity index is 2.15. The lowest BCUT2D eigenvalue weighted by Gasteiger charge is -2.46. The summed E-state index contributed by atoms with van der Waals surface area (Å²) in [4.78, 5) is 11.0. The first kappa shape index (κ1) is 23.4. The molecule has 0 aliphatic carbocycles. The van der Waals surface area contributed by atoms with Crippen LogP contribution in [0.15, 0.2) is 0 Å². The highest BCUT2D eigenvalue weighted by atomic mass is 16.6. The molecule has 0 bridgehead atoms. The van der Waals surface area contributed by atoms with E-state index in [1.165, 1.54) is 57.8 Å². The minimum absolute atomic E-state index is 0.0394. The van der Waals surface area contributed by atoms with Gasteiger partial charge < -0.3 is 19.4 Å². The van der Waals surface area contributed by atoms with E-state index in [0.29, 0.717) is 24.0 Å². The fourth-order valence-electron chi connectivity index (χ4n) is 4.17. The molecular formula is C21H42NO4+. The number of aliphatic hydroxyl groups is 1. The summed E-state index contributed by atoms with van der Waals surface area (Å²) in [5.41, 5.74) is 0. The number of aliphatic carboxylic acids is 1. The maximum Gasteiger partial charge on any atom is 0.306 e. The number of hydrogen-bond acceptors (Lipinski definition) is 3. The van der Waals surface area contributed by atoms with Crippen LogP contribution in [0.3, 0.4) is 0 Å². The maximum absolute atomic E-state index is 11.0. The second-order valence-corrected chi connectivity index (χ2v) is 8.85. The molecule has 1 aliphatic heterocycles. The number of nitrogens with zero attached hydrogens (tertiary/aromatic N) is 1. The van der Waals surface area contributed by atoms with Crippen molar-refractivity contribution >= 4 is 5.97 Å². The van der Waals surface area contributed by atoms with Crippen molar-refractivity contribution in [3.05, 3.63) is 0 Å². The van der Waals surface area contributed by atoms with E-state index in [1.54, 1.807) is 0 Å². The Labute approximate surface area is 160 Å². The van der Waals surface area contributed by atoms with Gasteiger partial charge >= 0.3 is 5.97 Å². The number of carboxylic acids is 1. The largest absolute Gasteiger partial charge is 0.481 e. The number of carbonyl (C=O) groups is 1. The van der Waals surface area contributed by atoms with E-state index in [2.05, 4.69) is 6.92 Å². The van der Waals surface area contributed by atoms with Crippen molar-refractivity contribution in [3.8, 4) is 0 Å². The van der Waals surface area contributed by atoms with Crippen molar-refractivity contribution in [1.29, 1.82) is 0 Å². The second-order valence-electron chi connectivity index (χ2n) is 8.85. The molecule has 0 spiro atoms. The Morgan fingerprint density at radius 1 is 1.00 bits per heavy atom. The van der Waals surface area contributed by atoms with Crippen molar-refractivity contribution in [2.24, 2.45) is 0 Å². The van der Waals surface area contributed by atoms with Crippen LogP contribution in [0.5, 0.6) is 0 Å². The van der Waals surface area contributed by atoms with Gasteiger partial charge in [-0.2, -0.15) is 0 Å². The van der Waals surface area contributed by atoms with Gasteiger partial charge in [-0.25, -0.2) is 0 Å². The summed E-state index contributed by atoms with van der Waals surface area (Å²) in [6.07, 6.45) is 14.2. The maximum atomic E-state index is 11.0. The normalized spacial score (nSPS) is 25.3. The SMILES string of the molecule is CCCCCCCCCCCCC[C@@]1(O)C[N+](C)(C)C[C@@H](CC(=O)O)O1. The zero-order chi connectivity index (χ0) is 19.5. The highest BCUT2D eigenvalue weighted by Crippen LogP contribution is 2.29.